The third-order valence-electron chi connectivity index (χ3n) is 8.31. The number of aromatic nitrogens is 1. The molecule has 1 aliphatic heterocycles. The summed E-state index contributed by atoms with van der Waals surface area (Å²) in [5.41, 5.74) is 3.76. The first kappa shape index (κ1) is 32.5. The average Bonchev–Trinajstić information content (AvgIpc) is 3.03. The molecule has 2 atom stereocenters. The van der Waals surface area contributed by atoms with E-state index in [2.05, 4.69) is 41.6 Å². The maximum absolute atomic E-state index is 13.6. The van der Waals surface area contributed by atoms with Crippen molar-refractivity contribution >= 4 is 23.6 Å². The van der Waals surface area contributed by atoms with Crippen LogP contribution in [0.4, 0.5) is 4.79 Å². The van der Waals surface area contributed by atoms with Crippen LogP contribution in [0.3, 0.4) is 0 Å². The summed E-state index contributed by atoms with van der Waals surface area (Å²) in [5.74, 6) is -0.0314. The molecule has 0 radical (unpaired) electrons. The van der Waals surface area contributed by atoms with Gasteiger partial charge in [0.05, 0.1) is 17.2 Å². The number of ether oxygens (including phenoxy) is 1. The molecule has 1 fully saturated rings. The zero-order valence-corrected chi connectivity index (χ0v) is 26.3. The van der Waals surface area contributed by atoms with Gasteiger partial charge in [-0.2, -0.15) is 0 Å². The summed E-state index contributed by atoms with van der Waals surface area (Å²) in [6.45, 7) is 6.13. The van der Waals surface area contributed by atoms with Gasteiger partial charge in [0.2, 0.25) is 0 Å². The van der Waals surface area contributed by atoms with Crippen LogP contribution in [0, 0.1) is 5.92 Å². The number of aliphatic hydroxyl groups is 1. The number of halogens is 1. The van der Waals surface area contributed by atoms with Crippen LogP contribution >= 0.6 is 11.6 Å². The summed E-state index contributed by atoms with van der Waals surface area (Å²) in [5, 5.41) is 18.8. The van der Waals surface area contributed by atoms with E-state index < -0.39 is 11.7 Å². The first-order chi connectivity index (χ1) is 20.7. The quantitative estimate of drug-likeness (QED) is 0.227. The van der Waals surface area contributed by atoms with E-state index in [1.165, 1.54) is 7.05 Å². The Bertz CT molecular complexity index is 1400. The van der Waals surface area contributed by atoms with Gasteiger partial charge in [-0.3, -0.25) is 9.78 Å². The highest BCUT2D eigenvalue weighted by atomic mass is 35.5. The van der Waals surface area contributed by atoms with E-state index in [0.29, 0.717) is 48.0 Å². The normalized spacial score (nSPS) is 16.5. The average molecular weight is 607 g/mol. The van der Waals surface area contributed by atoms with Crippen LogP contribution in [-0.4, -0.2) is 60.8 Å². The number of rotatable bonds is 11. The molecule has 0 unspecified atom stereocenters. The van der Waals surface area contributed by atoms with Gasteiger partial charge < -0.3 is 25.4 Å². The van der Waals surface area contributed by atoms with Crippen molar-refractivity contribution in [2.24, 2.45) is 5.92 Å². The van der Waals surface area contributed by atoms with E-state index in [4.69, 9.17) is 16.3 Å². The predicted molar refractivity (Wildman–Crippen MR) is 170 cm³/mol. The Morgan fingerprint density at radius 1 is 1.16 bits per heavy atom. The van der Waals surface area contributed by atoms with Crippen LogP contribution < -0.4 is 10.6 Å². The Hall–Kier alpha value is -3.46. The molecule has 230 valence electrons. The van der Waals surface area contributed by atoms with Gasteiger partial charge in [0.1, 0.15) is 0 Å². The number of pyridine rings is 1. The van der Waals surface area contributed by atoms with Crippen molar-refractivity contribution in [2.45, 2.75) is 57.6 Å². The minimum absolute atomic E-state index is 0.0555. The number of likely N-dealkylation sites (tertiary alicyclic amines) is 1. The van der Waals surface area contributed by atoms with E-state index in [9.17, 15) is 14.7 Å². The summed E-state index contributed by atoms with van der Waals surface area (Å²) >= 11 is 6.84. The van der Waals surface area contributed by atoms with E-state index in [1.807, 2.05) is 48.3 Å². The number of amides is 2. The number of benzene rings is 2. The van der Waals surface area contributed by atoms with Crippen molar-refractivity contribution in [3.63, 3.8) is 0 Å². The third kappa shape index (κ3) is 7.74. The number of nitrogens with zero attached hydrogens (tertiary/aromatic N) is 2. The fourth-order valence-corrected chi connectivity index (χ4v) is 6.22. The molecule has 43 heavy (non-hydrogen) atoms. The van der Waals surface area contributed by atoms with Gasteiger partial charge >= 0.3 is 6.09 Å². The minimum Gasteiger partial charge on any atom is -0.450 e. The molecule has 2 aromatic carbocycles. The highest BCUT2D eigenvalue weighted by Crippen LogP contribution is 2.45. The van der Waals surface area contributed by atoms with Crippen LogP contribution in [0.1, 0.15) is 72.5 Å². The molecule has 1 aromatic heterocycles. The molecule has 9 heteroatoms. The second-order valence-corrected chi connectivity index (χ2v) is 12.0. The Morgan fingerprint density at radius 3 is 2.63 bits per heavy atom. The zero-order valence-electron chi connectivity index (χ0n) is 25.5. The Kier molecular flexibility index (Phi) is 11.2. The van der Waals surface area contributed by atoms with Crippen molar-refractivity contribution in [2.75, 3.05) is 33.8 Å². The number of alkyl carbamates (subject to hydrolysis) is 1. The lowest BCUT2D eigenvalue weighted by molar-refractivity contribution is -0.0590. The van der Waals surface area contributed by atoms with Crippen molar-refractivity contribution in [1.29, 1.82) is 0 Å². The van der Waals surface area contributed by atoms with Crippen LogP contribution in [0.15, 0.2) is 60.9 Å². The monoisotopic (exact) mass is 606 g/mol. The van der Waals surface area contributed by atoms with E-state index in [-0.39, 0.29) is 18.4 Å². The Labute approximate surface area is 259 Å². The second-order valence-electron chi connectivity index (χ2n) is 11.6. The number of nitrogens with one attached hydrogen (secondary N) is 2. The molecule has 1 aliphatic rings. The maximum atomic E-state index is 13.6. The molecule has 0 aliphatic carbocycles. The Balaban J connectivity index is 1.70. The lowest BCUT2D eigenvalue weighted by Crippen LogP contribution is -2.48. The molecule has 8 nitrogen and oxygen atoms in total. The topological polar surface area (TPSA) is 104 Å². The smallest absolute Gasteiger partial charge is 0.406 e. The molecule has 0 bridgehead atoms. The lowest BCUT2D eigenvalue weighted by Gasteiger charge is -2.43. The highest BCUT2D eigenvalue weighted by molar-refractivity contribution is 6.33. The molecule has 3 N–H and O–H groups in total. The van der Waals surface area contributed by atoms with Gasteiger partial charge in [0.25, 0.3) is 5.91 Å². The third-order valence-corrected chi connectivity index (χ3v) is 8.60. The van der Waals surface area contributed by atoms with Gasteiger partial charge in [0, 0.05) is 61.7 Å². The van der Waals surface area contributed by atoms with Crippen molar-refractivity contribution in [1.82, 2.24) is 20.5 Å². The first-order valence-corrected chi connectivity index (χ1v) is 15.4. The number of hydrogen-bond donors (Lipinski definition) is 3. The molecule has 3 aromatic rings. The van der Waals surface area contributed by atoms with Crippen LogP contribution in [0.25, 0.3) is 11.1 Å². The Morgan fingerprint density at radius 2 is 1.93 bits per heavy atom. The summed E-state index contributed by atoms with van der Waals surface area (Å²) < 4.78 is 5.26. The number of carbonyl (C=O) groups excluding carboxylic acids is 2. The van der Waals surface area contributed by atoms with Crippen LogP contribution in [0.2, 0.25) is 5.02 Å². The summed E-state index contributed by atoms with van der Waals surface area (Å²) in [7, 11) is 3.40. The van der Waals surface area contributed by atoms with Crippen molar-refractivity contribution in [3.05, 3.63) is 88.2 Å². The van der Waals surface area contributed by atoms with Crippen molar-refractivity contribution < 1.29 is 19.4 Å². The summed E-state index contributed by atoms with van der Waals surface area (Å²) in [6.07, 6.45) is 4.96. The molecule has 2 amide bonds. The standard InChI is InChI=1S/C34H43ClN4O4/c1-23(2)26-8-5-9-27(18-26)31-29(20-38-21-30(31)35)34(42,15-7-17-43-33(41)37-4)28-10-6-16-39(22-28)32(40)25-13-11-24(12-14-25)19-36-3/h5,8-9,11-14,18,20-21,23,28,36,42H,6-7,10,15-17,19,22H2,1-4H3,(H,37,41)/t28-,34+/m1/s1. The molecular formula is C34H43ClN4O4. The van der Waals surface area contributed by atoms with E-state index >= 15 is 0 Å². The van der Waals surface area contributed by atoms with Gasteiger partial charge in [-0.05, 0) is 67.5 Å². The SMILES string of the molecule is CNCc1ccc(C(=O)N2CCC[C@@H]([C@@](O)(CCCOC(=O)NC)c3cncc(Cl)c3-c3cccc(C(C)C)c3)C2)cc1. The van der Waals surface area contributed by atoms with E-state index in [0.717, 1.165) is 41.6 Å². The van der Waals surface area contributed by atoms with E-state index in [1.54, 1.807) is 12.4 Å². The second kappa shape index (κ2) is 14.8. The molecule has 4 rings (SSSR count). The number of carbonyl (C=O) groups is 2. The van der Waals surface area contributed by atoms with Gasteiger partial charge in [-0.25, -0.2) is 4.79 Å². The van der Waals surface area contributed by atoms with Crippen LogP contribution in [0.5, 0.6) is 0 Å². The lowest BCUT2D eigenvalue weighted by atomic mass is 9.72. The highest BCUT2D eigenvalue weighted by Gasteiger charge is 2.43. The minimum atomic E-state index is -1.39. The summed E-state index contributed by atoms with van der Waals surface area (Å²) in [6, 6.07) is 15.8. The van der Waals surface area contributed by atoms with Crippen LogP contribution in [-0.2, 0) is 16.9 Å². The first-order valence-electron chi connectivity index (χ1n) is 15.0. The molecule has 0 spiro atoms. The largest absolute Gasteiger partial charge is 0.450 e. The molecule has 2 heterocycles. The molecule has 0 saturated carbocycles. The predicted octanol–water partition coefficient (Wildman–Crippen LogP) is 6.12. The number of piperidine rings is 1. The fraction of sp³-hybridized carbons (Fsp3) is 0.441. The van der Waals surface area contributed by atoms with Crippen molar-refractivity contribution in [3.8, 4) is 11.1 Å². The van der Waals surface area contributed by atoms with Gasteiger partial charge in [-0.1, -0.05) is 61.8 Å². The molecular weight excluding hydrogens is 564 g/mol. The maximum Gasteiger partial charge on any atom is 0.406 e. The van der Waals surface area contributed by atoms with Gasteiger partial charge in [0.15, 0.2) is 0 Å². The fourth-order valence-electron chi connectivity index (χ4n) is 5.95. The molecule has 1 saturated heterocycles. The number of hydrogen-bond acceptors (Lipinski definition) is 6. The summed E-state index contributed by atoms with van der Waals surface area (Å²) in [4.78, 5) is 31.6. The zero-order chi connectivity index (χ0) is 31.0. The van der Waals surface area contributed by atoms with Gasteiger partial charge in [-0.15, -0.1) is 0 Å².